The molecular formula is C10H11F4NO2S. The highest BCUT2D eigenvalue weighted by molar-refractivity contribution is 7.89. The van der Waals surface area contributed by atoms with Gasteiger partial charge in [-0.25, -0.2) is 17.5 Å². The summed E-state index contributed by atoms with van der Waals surface area (Å²) in [6.07, 6.45) is -5.70. The van der Waals surface area contributed by atoms with Crippen molar-refractivity contribution in [3.63, 3.8) is 0 Å². The topological polar surface area (TPSA) is 46.2 Å². The van der Waals surface area contributed by atoms with Crippen LogP contribution in [0.15, 0.2) is 29.2 Å². The molecule has 18 heavy (non-hydrogen) atoms. The highest BCUT2D eigenvalue weighted by atomic mass is 32.2. The van der Waals surface area contributed by atoms with Gasteiger partial charge in [0, 0.05) is 13.0 Å². The van der Waals surface area contributed by atoms with Gasteiger partial charge in [-0.3, -0.25) is 0 Å². The van der Waals surface area contributed by atoms with E-state index in [-0.39, 0.29) is 17.9 Å². The minimum Gasteiger partial charge on any atom is -0.211 e. The molecule has 1 aromatic carbocycles. The lowest BCUT2D eigenvalue weighted by Gasteiger charge is -2.08. The summed E-state index contributed by atoms with van der Waals surface area (Å²) in [5.74, 6) is -0.592. The summed E-state index contributed by atoms with van der Waals surface area (Å²) < 4.78 is 73.2. The van der Waals surface area contributed by atoms with Crippen LogP contribution in [0.3, 0.4) is 0 Å². The molecule has 0 heterocycles. The second kappa shape index (κ2) is 5.66. The predicted molar refractivity (Wildman–Crippen MR) is 56.9 cm³/mol. The molecule has 0 saturated heterocycles. The largest absolute Gasteiger partial charge is 0.389 e. The van der Waals surface area contributed by atoms with Crippen molar-refractivity contribution in [1.29, 1.82) is 0 Å². The van der Waals surface area contributed by atoms with E-state index in [2.05, 4.69) is 0 Å². The van der Waals surface area contributed by atoms with E-state index in [1.54, 1.807) is 0 Å². The third kappa shape index (κ3) is 5.01. The highest BCUT2D eigenvalue weighted by Crippen LogP contribution is 2.20. The number of rotatable bonds is 5. The summed E-state index contributed by atoms with van der Waals surface area (Å²) in [6, 6.07) is 4.01. The molecule has 0 atom stereocenters. The van der Waals surface area contributed by atoms with Crippen molar-refractivity contribution in [3.8, 4) is 0 Å². The van der Waals surface area contributed by atoms with E-state index < -0.39 is 28.4 Å². The molecule has 1 N–H and O–H groups in total. The van der Waals surface area contributed by atoms with Crippen LogP contribution in [-0.2, 0) is 10.0 Å². The SMILES string of the molecule is O=S(=O)(NCCCC(F)(F)F)c1ccc(F)cc1. The molecule has 0 amide bonds. The summed E-state index contributed by atoms with van der Waals surface area (Å²) in [4.78, 5) is -0.184. The van der Waals surface area contributed by atoms with Gasteiger partial charge in [0.25, 0.3) is 0 Å². The molecule has 0 aliphatic heterocycles. The zero-order valence-corrected chi connectivity index (χ0v) is 9.98. The number of hydrogen-bond acceptors (Lipinski definition) is 2. The number of hydrogen-bond donors (Lipinski definition) is 1. The Labute approximate surface area is 102 Å². The van der Waals surface area contributed by atoms with Crippen molar-refractivity contribution in [2.75, 3.05) is 6.54 Å². The van der Waals surface area contributed by atoms with Crippen LogP contribution in [0.25, 0.3) is 0 Å². The minimum absolute atomic E-state index is 0.184. The third-order valence-corrected chi connectivity index (χ3v) is 3.53. The molecule has 1 rings (SSSR count). The number of halogens is 4. The van der Waals surface area contributed by atoms with Gasteiger partial charge in [0.2, 0.25) is 10.0 Å². The van der Waals surface area contributed by atoms with Gasteiger partial charge in [-0.1, -0.05) is 0 Å². The standard InChI is InChI=1S/C10H11F4NO2S/c11-8-2-4-9(5-3-8)18(16,17)15-7-1-6-10(12,13)14/h2-5,15H,1,6-7H2. The van der Waals surface area contributed by atoms with Crippen molar-refractivity contribution in [1.82, 2.24) is 4.72 Å². The lowest BCUT2D eigenvalue weighted by molar-refractivity contribution is -0.135. The summed E-state index contributed by atoms with van der Waals surface area (Å²) in [7, 11) is -3.88. The first-order valence-electron chi connectivity index (χ1n) is 5.03. The molecule has 0 aromatic heterocycles. The number of benzene rings is 1. The van der Waals surface area contributed by atoms with E-state index in [1.807, 2.05) is 4.72 Å². The zero-order chi connectivity index (χ0) is 13.8. The maximum atomic E-state index is 12.6. The summed E-state index contributed by atoms with van der Waals surface area (Å²) in [5.41, 5.74) is 0. The molecule has 0 saturated carbocycles. The van der Waals surface area contributed by atoms with Crippen LogP contribution in [0.5, 0.6) is 0 Å². The molecule has 102 valence electrons. The molecule has 1 aromatic rings. The number of alkyl halides is 3. The van der Waals surface area contributed by atoms with Crippen molar-refractivity contribution in [3.05, 3.63) is 30.1 Å². The molecule has 0 radical (unpaired) electrons. The fraction of sp³-hybridized carbons (Fsp3) is 0.400. The van der Waals surface area contributed by atoms with E-state index in [0.29, 0.717) is 0 Å². The van der Waals surface area contributed by atoms with Gasteiger partial charge in [-0.05, 0) is 30.7 Å². The maximum Gasteiger partial charge on any atom is 0.389 e. The monoisotopic (exact) mass is 285 g/mol. The Hall–Kier alpha value is -1.15. The van der Waals surface area contributed by atoms with Gasteiger partial charge < -0.3 is 0 Å². The van der Waals surface area contributed by atoms with Crippen LogP contribution in [0.2, 0.25) is 0 Å². The van der Waals surface area contributed by atoms with Crippen molar-refractivity contribution < 1.29 is 26.0 Å². The quantitative estimate of drug-likeness (QED) is 0.667. The van der Waals surface area contributed by atoms with Crippen molar-refractivity contribution >= 4 is 10.0 Å². The summed E-state index contributed by atoms with van der Waals surface area (Å²) >= 11 is 0. The lowest BCUT2D eigenvalue weighted by Crippen LogP contribution is -2.25. The molecule has 8 heteroatoms. The predicted octanol–water partition coefficient (Wildman–Crippen LogP) is 2.45. The second-order valence-corrected chi connectivity index (χ2v) is 5.34. The van der Waals surface area contributed by atoms with Crippen LogP contribution < -0.4 is 4.72 Å². The first-order chi connectivity index (χ1) is 8.21. The third-order valence-electron chi connectivity index (χ3n) is 2.05. The normalized spacial score (nSPS) is 12.7. The average molecular weight is 285 g/mol. The Morgan fingerprint density at radius 3 is 2.17 bits per heavy atom. The van der Waals surface area contributed by atoms with Crippen molar-refractivity contribution in [2.45, 2.75) is 23.9 Å². The number of nitrogens with one attached hydrogen (secondary N) is 1. The van der Waals surface area contributed by atoms with Crippen molar-refractivity contribution in [2.24, 2.45) is 0 Å². The van der Waals surface area contributed by atoms with Crippen LogP contribution >= 0.6 is 0 Å². The molecule has 0 bridgehead atoms. The van der Waals surface area contributed by atoms with Gasteiger partial charge in [-0.15, -0.1) is 0 Å². The lowest BCUT2D eigenvalue weighted by atomic mass is 10.3. The molecule has 0 fully saturated rings. The maximum absolute atomic E-state index is 12.6. The molecule has 0 spiro atoms. The van der Waals surface area contributed by atoms with Crippen LogP contribution in [0.1, 0.15) is 12.8 Å². The minimum atomic E-state index is -4.30. The molecule has 0 aliphatic rings. The fourth-order valence-corrected chi connectivity index (χ4v) is 2.27. The Bertz CT molecular complexity index is 482. The van der Waals surface area contributed by atoms with Gasteiger partial charge in [0.1, 0.15) is 5.82 Å². The first kappa shape index (κ1) is 14.9. The highest BCUT2D eigenvalue weighted by Gasteiger charge is 2.26. The Balaban J connectivity index is 2.53. The molecular weight excluding hydrogens is 274 g/mol. The van der Waals surface area contributed by atoms with E-state index in [9.17, 15) is 26.0 Å². The van der Waals surface area contributed by atoms with Gasteiger partial charge in [-0.2, -0.15) is 13.2 Å². The zero-order valence-electron chi connectivity index (χ0n) is 9.17. The Morgan fingerprint density at radius 1 is 1.11 bits per heavy atom. The summed E-state index contributed by atoms with van der Waals surface area (Å²) in [6.45, 7) is -0.320. The van der Waals surface area contributed by atoms with Gasteiger partial charge in [0.05, 0.1) is 4.90 Å². The van der Waals surface area contributed by atoms with Crippen LogP contribution in [0, 0.1) is 5.82 Å². The van der Waals surface area contributed by atoms with Gasteiger partial charge >= 0.3 is 6.18 Å². The Kier molecular flexibility index (Phi) is 4.69. The van der Waals surface area contributed by atoms with E-state index in [1.165, 1.54) is 0 Å². The first-order valence-corrected chi connectivity index (χ1v) is 6.51. The van der Waals surface area contributed by atoms with E-state index in [0.717, 1.165) is 24.3 Å². The van der Waals surface area contributed by atoms with E-state index >= 15 is 0 Å². The summed E-state index contributed by atoms with van der Waals surface area (Å²) in [5, 5.41) is 0. The second-order valence-electron chi connectivity index (χ2n) is 3.57. The van der Waals surface area contributed by atoms with Gasteiger partial charge in [0.15, 0.2) is 0 Å². The van der Waals surface area contributed by atoms with Crippen LogP contribution in [-0.4, -0.2) is 21.1 Å². The van der Waals surface area contributed by atoms with E-state index in [4.69, 9.17) is 0 Å². The molecule has 0 aliphatic carbocycles. The Morgan fingerprint density at radius 2 is 1.67 bits per heavy atom. The molecule has 3 nitrogen and oxygen atoms in total. The van der Waals surface area contributed by atoms with Crippen LogP contribution in [0.4, 0.5) is 17.6 Å². The fourth-order valence-electron chi connectivity index (χ4n) is 1.19. The smallest absolute Gasteiger partial charge is 0.211 e. The average Bonchev–Trinajstić information content (AvgIpc) is 2.24. The number of sulfonamides is 1. The molecule has 0 unspecified atom stereocenters.